The number of aromatic carboxylic acids is 1. The molecule has 1 aliphatic rings. The Bertz CT molecular complexity index is 1510. The van der Waals surface area contributed by atoms with Gasteiger partial charge in [-0.25, -0.2) is 9.78 Å². The molecule has 2 N–H and O–H groups in total. The van der Waals surface area contributed by atoms with Gasteiger partial charge in [-0.1, -0.05) is 72.6 Å². The molecule has 38 heavy (non-hydrogen) atoms. The molecule has 1 saturated carbocycles. The van der Waals surface area contributed by atoms with Crippen LogP contribution in [0.3, 0.4) is 0 Å². The number of pyridine rings is 1. The number of hydrogen-bond acceptors (Lipinski definition) is 3. The molecule has 192 valence electrons. The number of carbonyl (C=O) groups excluding carboxylic acids is 1. The molecule has 0 aliphatic heterocycles. The van der Waals surface area contributed by atoms with Crippen LogP contribution in [0.15, 0.2) is 78.9 Å². The Morgan fingerprint density at radius 2 is 1.82 bits per heavy atom. The molecule has 0 spiro atoms. The lowest BCUT2D eigenvalue weighted by Gasteiger charge is -2.28. The lowest BCUT2D eigenvalue weighted by Crippen LogP contribution is -2.37. The minimum absolute atomic E-state index is 0.0689. The summed E-state index contributed by atoms with van der Waals surface area (Å²) < 4.78 is 0. The fraction of sp³-hybridized carbons (Fsp3) is 0.219. The van der Waals surface area contributed by atoms with E-state index in [0.29, 0.717) is 23.4 Å². The van der Waals surface area contributed by atoms with E-state index in [1.165, 1.54) is 0 Å². The topological polar surface area (TPSA) is 79.3 Å². The van der Waals surface area contributed by atoms with E-state index >= 15 is 0 Å². The van der Waals surface area contributed by atoms with Crippen LogP contribution in [0.5, 0.6) is 0 Å². The van der Waals surface area contributed by atoms with E-state index in [4.69, 9.17) is 16.6 Å². The summed E-state index contributed by atoms with van der Waals surface area (Å²) in [6, 6.07) is 24.6. The third kappa shape index (κ3) is 6.12. The van der Waals surface area contributed by atoms with Crippen LogP contribution in [0.4, 0.5) is 0 Å². The summed E-state index contributed by atoms with van der Waals surface area (Å²) in [5.74, 6) is -0.792. The highest BCUT2D eigenvalue weighted by Crippen LogP contribution is 2.29. The molecule has 1 unspecified atom stereocenters. The summed E-state index contributed by atoms with van der Waals surface area (Å²) in [7, 11) is 0. The number of aryl methyl sites for hydroxylation is 1. The molecule has 0 saturated heterocycles. The molecule has 3 aromatic carbocycles. The fourth-order valence-corrected chi connectivity index (χ4v) is 4.96. The molecule has 1 fully saturated rings. The van der Waals surface area contributed by atoms with Crippen molar-refractivity contribution in [3.8, 4) is 0 Å². The Morgan fingerprint density at radius 3 is 2.61 bits per heavy atom. The van der Waals surface area contributed by atoms with Crippen molar-refractivity contribution in [2.75, 3.05) is 0 Å². The van der Waals surface area contributed by atoms with Crippen molar-refractivity contribution >= 4 is 46.5 Å². The highest BCUT2D eigenvalue weighted by atomic mass is 35.5. The Kier molecular flexibility index (Phi) is 7.85. The number of carboxylic acid groups (broad SMARTS) is 1. The molecule has 5 rings (SSSR count). The average Bonchev–Trinajstić information content (AvgIpc) is 2.88. The van der Waals surface area contributed by atoms with Crippen LogP contribution in [0.25, 0.3) is 23.1 Å². The minimum Gasteiger partial charge on any atom is -0.478 e. The van der Waals surface area contributed by atoms with Gasteiger partial charge in [-0.2, -0.15) is 0 Å². The molecular weight excluding hydrogens is 496 g/mol. The van der Waals surface area contributed by atoms with Crippen molar-refractivity contribution in [1.82, 2.24) is 10.3 Å². The second-order valence-corrected chi connectivity index (χ2v) is 10.2. The number of halogens is 1. The van der Waals surface area contributed by atoms with Crippen molar-refractivity contribution < 1.29 is 14.7 Å². The van der Waals surface area contributed by atoms with E-state index < -0.39 is 5.97 Å². The first-order valence-corrected chi connectivity index (χ1v) is 13.3. The summed E-state index contributed by atoms with van der Waals surface area (Å²) >= 11 is 6.13. The highest BCUT2D eigenvalue weighted by molar-refractivity contribution is 6.31. The summed E-state index contributed by atoms with van der Waals surface area (Å²) in [6.45, 7) is 0. The van der Waals surface area contributed by atoms with Crippen LogP contribution in [-0.2, 0) is 11.2 Å². The van der Waals surface area contributed by atoms with Crippen molar-refractivity contribution in [2.24, 2.45) is 5.92 Å². The fourth-order valence-electron chi connectivity index (χ4n) is 4.79. The van der Waals surface area contributed by atoms with E-state index in [-0.39, 0.29) is 17.9 Å². The van der Waals surface area contributed by atoms with Gasteiger partial charge < -0.3 is 10.4 Å². The van der Waals surface area contributed by atoms with Gasteiger partial charge in [0.1, 0.15) is 0 Å². The number of hydrogen-bond donors (Lipinski definition) is 2. The van der Waals surface area contributed by atoms with E-state index in [2.05, 4.69) is 11.4 Å². The number of carboxylic acids is 1. The molecule has 1 aliphatic carbocycles. The number of carbonyl (C=O) groups is 2. The number of amides is 1. The van der Waals surface area contributed by atoms with Gasteiger partial charge in [0.15, 0.2) is 0 Å². The van der Waals surface area contributed by atoms with Gasteiger partial charge in [0.25, 0.3) is 0 Å². The molecular formula is C32H29ClN2O3. The first-order chi connectivity index (χ1) is 18.5. The Labute approximate surface area is 227 Å². The Hall–Kier alpha value is -3.96. The van der Waals surface area contributed by atoms with Crippen LogP contribution in [0, 0.1) is 5.92 Å². The maximum atomic E-state index is 12.9. The molecule has 4 aromatic rings. The van der Waals surface area contributed by atoms with Gasteiger partial charge in [-0.05, 0) is 78.8 Å². The van der Waals surface area contributed by atoms with Crippen molar-refractivity contribution in [2.45, 2.75) is 38.1 Å². The largest absolute Gasteiger partial charge is 0.478 e. The average molecular weight is 525 g/mol. The van der Waals surface area contributed by atoms with Crippen molar-refractivity contribution in [3.05, 3.63) is 112 Å². The maximum absolute atomic E-state index is 12.9. The summed E-state index contributed by atoms with van der Waals surface area (Å²) in [4.78, 5) is 29.3. The zero-order valence-corrected chi connectivity index (χ0v) is 21.7. The Morgan fingerprint density at radius 1 is 1.00 bits per heavy atom. The number of nitrogens with zero attached hydrogens (tertiary/aromatic N) is 1. The molecule has 6 heteroatoms. The monoisotopic (exact) mass is 524 g/mol. The van der Waals surface area contributed by atoms with Gasteiger partial charge in [0.05, 0.1) is 22.8 Å². The minimum atomic E-state index is -0.938. The van der Waals surface area contributed by atoms with Gasteiger partial charge in [0, 0.05) is 16.3 Å². The van der Waals surface area contributed by atoms with Gasteiger partial charge in [-0.15, -0.1) is 0 Å². The first-order valence-electron chi connectivity index (χ1n) is 12.9. The number of benzene rings is 3. The molecule has 1 aromatic heterocycles. The number of aromatic nitrogens is 1. The second kappa shape index (κ2) is 11.6. The van der Waals surface area contributed by atoms with Gasteiger partial charge in [0.2, 0.25) is 5.91 Å². The van der Waals surface area contributed by atoms with Crippen LogP contribution >= 0.6 is 11.6 Å². The van der Waals surface area contributed by atoms with Gasteiger partial charge in [-0.3, -0.25) is 4.79 Å². The zero-order valence-electron chi connectivity index (χ0n) is 20.9. The summed E-state index contributed by atoms with van der Waals surface area (Å²) in [5, 5.41) is 14.5. The predicted molar refractivity (Wildman–Crippen MR) is 152 cm³/mol. The maximum Gasteiger partial charge on any atom is 0.335 e. The summed E-state index contributed by atoms with van der Waals surface area (Å²) in [6.07, 6.45) is 8.05. The number of nitrogens with one attached hydrogen (secondary N) is 1. The van der Waals surface area contributed by atoms with E-state index in [0.717, 1.165) is 52.5 Å². The lowest BCUT2D eigenvalue weighted by molar-refractivity contribution is -0.128. The third-order valence-electron chi connectivity index (χ3n) is 7.18. The molecule has 1 heterocycles. The van der Waals surface area contributed by atoms with E-state index in [1.807, 2.05) is 72.8 Å². The van der Waals surface area contributed by atoms with Crippen LogP contribution < -0.4 is 5.32 Å². The molecule has 1 atom stereocenters. The number of fused-ring (bicyclic) bond motifs is 1. The molecule has 0 bridgehead atoms. The number of rotatable bonds is 9. The normalized spacial score (nSPS) is 14.3. The third-order valence-corrected chi connectivity index (χ3v) is 7.41. The molecule has 5 nitrogen and oxygen atoms in total. The van der Waals surface area contributed by atoms with Crippen LogP contribution in [0.1, 0.15) is 64.5 Å². The quantitative estimate of drug-likeness (QED) is 0.240. The predicted octanol–water partition coefficient (Wildman–Crippen LogP) is 7.35. The zero-order chi connectivity index (χ0) is 26.5. The smallest absolute Gasteiger partial charge is 0.335 e. The van der Waals surface area contributed by atoms with E-state index in [9.17, 15) is 14.7 Å². The molecule has 0 radical (unpaired) electrons. The van der Waals surface area contributed by atoms with Crippen molar-refractivity contribution in [3.63, 3.8) is 0 Å². The van der Waals surface area contributed by atoms with Gasteiger partial charge >= 0.3 is 5.97 Å². The Balaban J connectivity index is 1.37. The SMILES string of the molecule is O=C(O)c1ccccc1CCC(NC(=O)C1CCC1)c1cccc(/C=C/c2ccc3ccc(Cl)cc3n2)c1. The summed E-state index contributed by atoms with van der Waals surface area (Å²) in [5.41, 5.74) is 4.72. The second-order valence-electron chi connectivity index (χ2n) is 9.77. The van der Waals surface area contributed by atoms with Crippen LogP contribution in [0.2, 0.25) is 5.02 Å². The van der Waals surface area contributed by atoms with Crippen molar-refractivity contribution in [1.29, 1.82) is 0 Å². The van der Waals surface area contributed by atoms with Crippen LogP contribution in [-0.4, -0.2) is 22.0 Å². The highest BCUT2D eigenvalue weighted by Gasteiger charge is 2.27. The lowest BCUT2D eigenvalue weighted by atomic mass is 9.84. The first kappa shape index (κ1) is 25.7. The molecule has 1 amide bonds. The van der Waals surface area contributed by atoms with E-state index in [1.54, 1.807) is 12.1 Å². The standard InChI is InChI=1S/C32H29ClN2O3/c33-26-15-12-23-13-17-27(34-30(23)20-26)16-11-21-5-3-9-25(19-21)29(35-31(36)24-7-4-8-24)18-14-22-6-1-2-10-28(22)32(37)38/h1-3,5-6,9-13,15-17,19-20,24,29H,4,7-8,14,18H2,(H,35,36)(H,37,38)/b16-11+.